The third-order valence-electron chi connectivity index (χ3n) is 9.52. The molecule has 5 atom stereocenters. The maximum atomic E-state index is 6.82. The Morgan fingerprint density at radius 3 is 1.32 bits per heavy atom. The van der Waals surface area contributed by atoms with E-state index in [1.54, 1.807) is 0 Å². The second-order valence-electron chi connectivity index (χ2n) is 13.9. The monoisotopic (exact) mass is 842 g/mol. The lowest BCUT2D eigenvalue weighted by atomic mass is 9.97. The van der Waals surface area contributed by atoms with Gasteiger partial charge in [-0.05, 0) is 53.8 Å². The summed E-state index contributed by atoms with van der Waals surface area (Å²) in [5.41, 5.74) is 3.03. The number of para-hydroxylation sites is 4. The van der Waals surface area contributed by atoms with Gasteiger partial charge in [0.15, 0.2) is 29.3 Å². The molecule has 0 bridgehead atoms. The van der Waals surface area contributed by atoms with E-state index in [0.717, 1.165) is 16.7 Å². The van der Waals surface area contributed by atoms with Gasteiger partial charge in [-0.25, -0.2) is 0 Å². The number of fused-ring (bicyclic) bond motifs is 2. The molecule has 59 heavy (non-hydrogen) atoms. The summed E-state index contributed by atoms with van der Waals surface area (Å²) in [6.07, 6.45) is -2.06. The highest BCUT2D eigenvalue weighted by atomic mass is 31.2. The standard InChI is InChI=1S/C45H48O12P2/c1-4-16-34(17-5-1)30-48-43-42(47-27-15-29-52-59-56-39-24-12-13-25-40(39)57-59)41(33-46-26-14-28-51-58-54-37-22-10-11-23-38(37)55-58)53-45(50-32-36-20-8-3-9-21-36)44(43)49-31-35-18-6-2-7-19-35/h1-13,16-25,41-45H,14-15,26-33H2/t41-,42-,43+,44-,45+/m1/s1. The zero-order chi connectivity index (χ0) is 39.9. The van der Waals surface area contributed by atoms with Crippen molar-refractivity contribution >= 4 is 17.2 Å². The van der Waals surface area contributed by atoms with Gasteiger partial charge < -0.3 is 46.5 Å². The fourth-order valence-electron chi connectivity index (χ4n) is 6.58. The molecular weight excluding hydrogens is 794 g/mol. The molecule has 1 fully saturated rings. The van der Waals surface area contributed by atoms with E-state index in [2.05, 4.69) is 0 Å². The third-order valence-corrected chi connectivity index (χ3v) is 11.7. The Morgan fingerprint density at radius 2 is 0.831 bits per heavy atom. The molecule has 3 aliphatic rings. The number of benzene rings is 5. The fourth-order valence-corrected chi connectivity index (χ4v) is 8.67. The van der Waals surface area contributed by atoms with Crippen LogP contribution >= 0.6 is 17.2 Å². The summed E-state index contributed by atoms with van der Waals surface area (Å²) >= 11 is 0. The van der Waals surface area contributed by atoms with Gasteiger partial charge in [0.1, 0.15) is 24.4 Å². The normalized spacial score (nSPS) is 21.2. The Balaban J connectivity index is 0.953. The van der Waals surface area contributed by atoms with Crippen LogP contribution in [0.1, 0.15) is 29.5 Å². The van der Waals surface area contributed by atoms with Crippen LogP contribution in [-0.2, 0) is 57.3 Å². The van der Waals surface area contributed by atoms with Crippen LogP contribution < -0.4 is 18.1 Å². The van der Waals surface area contributed by atoms with Crippen LogP contribution in [0.25, 0.3) is 0 Å². The van der Waals surface area contributed by atoms with Crippen LogP contribution in [0.15, 0.2) is 140 Å². The van der Waals surface area contributed by atoms with Crippen molar-refractivity contribution in [2.45, 2.75) is 63.4 Å². The van der Waals surface area contributed by atoms with Crippen molar-refractivity contribution in [1.29, 1.82) is 0 Å². The lowest BCUT2D eigenvalue weighted by Crippen LogP contribution is -2.62. The van der Waals surface area contributed by atoms with E-state index < -0.39 is 47.9 Å². The molecule has 0 N–H and O–H groups in total. The smallest absolute Gasteiger partial charge is 0.414 e. The molecule has 1 saturated heterocycles. The predicted octanol–water partition coefficient (Wildman–Crippen LogP) is 9.71. The van der Waals surface area contributed by atoms with Gasteiger partial charge in [0.25, 0.3) is 0 Å². The number of hydrogen-bond acceptors (Lipinski definition) is 12. The summed E-state index contributed by atoms with van der Waals surface area (Å²) in [5, 5.41) is 0. The molecular formula is C45H48O12P2. The van der Waals surface area contributed by atoms with Crippen molar-refractivity contribution < 1.29 is 55.6 Å². The second kappa shape index (κ2) is 21.9. The lowest BCUT2D eigenvalue weighted by Gasteiger charge is -2.46. The van der Waals surface area contributed by atoms with Gasteiger partial charge in [-0.2, -0.15) is 0 Å². The van der Waals surface area contributed by atoms with E-state index in [0.29, 0.717) is 82.1 Å². The Bertz CT molecular complexity index is 1930. The lowest BCUT2D eigenvalue weighted by molar-refractivity contribution is -0.329. The highest BCUT2D eigenvalue weighted by Gasteiger charge is 2.49. The highest BCUT2D eigenvalue weighted by molar-refractivity contribution is 7.43. The Labute approximate surface area is 347 Å². The SMILES string of the molecule is c1ccc(CO[C@H]2O[C@H](COCCCOP3Oc4ccccc4O3)[C@@H](OCCCOP3Oc4ccccc4O3)[C@H](OCc3ccccc3)[C@H]2OCc2ccccc2)cc1. The molecule has 0 unspecified atom stereocenters. The molecule has 5 aromatic carbocycles. The predicted molar refractivity (Wildman–Crippen MR) is 221 cm³/mol. The van der Waals surface area contributed by atoms with Gasteiger partial charge in [0.2, 0.25) is 0 Å². The van der Waals surface area contributed by atoms with E-state index in [1.807, 2.05) is 140 Å². The molecule has 0 aliphatic carbocycles. The number of hydrogen-bond donors (Lipinski definition) is 0. The minimum atomic E-state index is -1.53. The van der Waals surface area contributed by atoms with Crippen molar-refractivity contribution in [3.8, 4) is 23.0 Å². The molecule has 0 spiro atoms. The van der Waals surface area contributed by atoms with Crippen LogP contribution in [0, 0.1) is 0 Å². The molecule has 0 amide bonds. The molecule has 8 rings (SSSR count). The van der Waals surface area contributed by atoms with Crippen LogP contribution in [0.5, 0.6) is 23.0 Å². The van der Waals surface area contributed by atoms with Crippen molar-refractivity contribution in [1.82, 2.24) is 0 Å². The van der Waals surface area contributed by atoms with Crippen molar-refractivity contribution in [2.75, 3.05) is 33.0 Å². The van der Waals surface area contributed by atoms with Gasteiger partial charge in [-0.3, -0.25) is 9.05 Å². The first-order valence-corrected chi connectivity index (χ1v) is 22.0. The first-order chi connectivity index (χ1) is 29.2. The topological polar surface area (TPSA) is 111 Å². The molecule has 5 aromatic rings. The van der Waals surface area contributed by atoms with Crippen molar-refractivity contribution in [3.63, 3.8) is 0 Å². The summed E-state index contributed by atoms with van der Waals surface area (Å²) < 4.78 is 75.0. The zero-order valence-electron chi connectivity index (χ0n) is 32.5. The van der Waals surface area contributed by atoms with E-state index >= 15 is 0 Å². The van der Waals surface area contributed by atoms with Gasteiger partial charge in [-0.15, -0.1) is 0 Å². The van der Waals surface area contributed by atoms with E-state index in [9.17, 15) is 0 Å². The number of ether oxygens (including phenoxy) is 6. The van der Waals surface area contributed by atoms with Crippen LogP contribution in [-0.4, -0.2) is 63.7 Å². The third kappa shape index (κ3) is 12.0. The number of rotatable bonds is 22. The fraction of sp³-hybridized carbons (Fsp3) is 0.333. The first-order valence-electron chi connectivity index (χ1n) is 19.8. The average molecular weight is 843 g/mol. The first kappa shape index (κ1) is 41.6. The molecule has 310 valence electrons. The summed E-state index contributed by atoms with van der Waals surface area (Å²) in [5.74, 6) is 2.74. The van der Waals surface area contributed by atoms with Crippen LogP contribution in [0.4, 0.5) is 0 Å². The highest BCUT2D eigenvalue weighted by Crippen LogP contribution is 2.53. The zero-order valence-corrected chi connectivity index (χ0v) is 34.3. The van der Waals surface area contributed by atoms with E-state index in [1.165, 1.54) is 0 Å². The van der Waals surface area contributed by atoms with Gasteiger partial charge in [0.05, 0.1) is 39.6 Å². The minimum Gasteiger partial charge on any atom is -0.414 e. The molecule has 0 saturated carbocycles. The van der Waals surface area contributed by atoms with Gasteiger partial charge in [-0.1, -0.05) is 115 Å². The average Bonchev–Trinajstić information content (AvgIpc) is 3.90. The van der Waals surface area contributed by atoms with Gasteiger partial charge >= 0.3 is 17.2 Å². The summed E-state index contributed by atoms with van der Waals surface area (Å²) in [7, 11) is -3.03. The van der Waals surface area contributed by atoms with Gasteiger partial charge in [0, 0.05) is 13.2 Å². The molecule has 0 radical (unpaired) electrons. The molecule has 14 heteroatoms. The summed E-state index contributed by atoms with van der Waals surface area (Å²) in [4.78, 5) is 0. The Morgan fingerprint density at radius 1 is 0.407 bits per heavy atom. The van der Waals surface area contributed by atoms with Crippen molar-refractivity contribution in [3.05, 3.63) is 156 Å². The van der Waals surface area contributed by atoms with Crippen molar-refractivity contribution in [2.24, 2.45) is 0 Å². The largest absolute Gasteiger partial charge is 0.463 e. The molecule has 0 aromatic heterocycles. The minimum absolute atomic E-state index is 0.210. The molecule has 12 nitrogen and oxygen atoms in total. The Kier molecular flexibility index (Phi) is 15.4. The maximum Gasteiger partial charge on any atom is 0.463 e. The van der Waals surface area contributed by atoms with Crippen LogP contribution in [0.3, 0.4) is 0 Å². The summed E-state index contributed by atoms with van der Waals surface area (Å²) in [6, 6.07) is 45.1. The van der Waals surface area contributed by atoms with Crippen LogP contribution in [0.2, 0.25) is 0 Å². The Hall–Kier alpha value is -4.16. The summed E-state index contributed by atoms with van der Waals surface area (Å²) in [6.45, 7) is 2.67. The quantitative estimate of drug-likeness (QED) is 0.0489. The molecule has 3 aliphatic heterocycles. The maximum absolute atomic E-state index is 6.82. The second-order valence-corrected chi connectivity index (χ2v) is 16.0. The molecule has 3 heterocycles. The van der Waals surface area contributed by atoms with E-state index in [4.69, 9.17) is 55.6 Å². The van der Waals surface area contributed by atoms with E-state index in [-0.39, 0.29) is 6.61 Å².